The van der Waals surface area contributed by atoms with Crippen LogP contribution in [-0.4, -0.2) is 12.6 Å². The van der Waals surface area contributed by atoms with E-state index >= 15 is 0 Å². The molecule has 1 fully saturated rings. The van der Waals surface area contributed by atoms with Crippen molar-refractivity contribution in [1.29, 1.82) is 0 Å². The number of hydrogen-bond acceptors (Lipinski definition) is 2. The van der Waals surface area contributed by atoms with Crippen molar-refractivity contribution >= 4 is 11.5 Å². The third-order valence-corrected chi connectivity index (χ3v) is 4.92. The van der Waals surface area contributed by atoms with Crippen LogP contribution in [0.15, 0.2) is 30.3 Å². The monoisotopic (exact) mass is 256 g/mol. The molecule has 0 saturated heterocycles. The molecule has 1 aromatic carbocycles. The largest absolute Gasteiger partial charge is 0.466 e. The van der Waals surface area contributed by atoms with Crippen LogP contribution in [0.1, 0.15) is 38.8 Å². The van der Waals surface area contributed by atoms with Crippen molar-refractivity contribution in [3.8, 4) is 0 Å². The molecular formula is C17H20O2. The highest BCUT2D eigenvalue weighted by atomic mass is 16.5. The maximum atomic E-state index is 12.2. The highest BCUT2D eigenvalue weighted by molar-refractivity contribution is 5.89. The molecule has 3 rings (SSSR count). The normalized spacial score (nSPS) is 29.9. The summed E-state index contributed by atoms with van der Waals surface area (Å²) in [6, 6.07) is 8.42. The summed E-state index contributed by atoms with van der Waals surface area (Å²) in [6.07, 6.45) is 2.28. The average Bonchev–Trinajstić information content (AvgIpc) is 2.69. The first-order valence-corrected chi connectivity index (χ1v) is 6.92. The molecule has 0 aromatic heterocycles. The molecule has 1 aromatic rings. The highest BCUT2D eigenvalue weighted by Crippen LogP contribution is 2.73. The predicted molar refractivity (Wildman–Crippen MR) is 75.7 cm³/mol. The fourth-order valence-electron chi connectivity index (χ4n) is 3.96. The van der Waals surface area contributed by atoms with Gasteiger partial charge in [0, 0.05) is 5.41 Å². The molecule has 19 heavy (non-hydrogen) atoms. The molecule has 0 unspecified atom stereocenters. The lowest BCUT2D eigenvalue weighted by atomic mass is 9.90. The van der Waals surface area contributed by atoms with Crippen molar-refractivity contribution in [2.75, 3.05) is 6.61 Å². The van der Waals surface area contributed by atoms with Gasteiger partial charge in [-0.1, -0.05) is 44.2 Å². The zero-order valence-electron chi connectivity index (χ0n) is 12.0. The van der Waals surface area contributed by atoms with Gasteiger partial charge in [0.05, 0.1) is 12.5 Å². The van der Waals surface area contributed by atoms with Gasteiger partial charge in [-0.25, -0.2) is 0 Å². The van der Waals surface area contributed by atoms with Gasteiger partial charge >= 0.3 is 5.97 Å². The highest BCUT2D eigenvalue weighted by Gasteiger charge is 2.75. The first-order chi connectivity index (χ1) is 8.96. The van der Waals surface area contributed by atoms with E-state index in [1.165, 1.54) is 16.7 Å². The van der Waals surface area contributed by atoms with Gasteiger partial charge in [-0.05, 0) is 36.0 Å². The summed E-state index contributed by atoms with van der Waals surface area (Å²) in [5.74, 6) is -0.119. The number of fused-ring (bicyclic) bond motifs is 2. The Morgan fingerprint density at radius 2 is 2.00 bits per heavy atom. The Hall–Kier alpha value is -1.57. The molecule has 0 aliphatic heterocycles. The number of carbonyl (C=O) groups excluding carboxylic acids is 1. The summed E-state index contributed by atoms with van der Waals surface area (Å²) >= 11 is 0. The molecule has 1 saturated carbocycles. The standard InChI is InChI=1S/C17H20O2/c1-5-19-15(18)14-16(3,4)17(14)10-11(2)12-8-6-7-9-13(12)17/h6-10,14H,5H2,1-4H3/t14-,17+/m0/s1. The van der Waals surface area contributed by atoms with Crippen LogP contribution in [0.3, 0.4) is 0 Å². The van der Waals surface area contributed by atoms with Gasteiger partial charge in [0.25, 0.3) is 0 Å². The maximum Gasteiger partial charge on any atom is 0.310 e. The number of allylic oxidation sites excluding steroid dienone is 2. The third kappa shape index (κ3) is 1.35. The molecule has 2 atom stereocenters. The minimum Gasteiger partial charge on any atom is -0.466 e. The second-order valence-electron chi connectivity index (χ2n) is 6.15. The summed E-state index contributed by atoms with van der Waals surface area (Å²) in [4.78, 5) is 12.2. The third-order valence-electron chi connectivity index (χ3n) is 4.92. The number of esters is 1. The predicted octanol–water partition coefficient (Wildman–Crippen LogP) is 3.56. The Labute approximate surface area is 114 Å². The number of rotatable bonds is 2. The quantitative estimate of drug-likeness (QED) is 0.756. The van der Waals surface area contributed by atoms with Gasteiger partial charge in [-0.2, -0.15) is 0 Å². The summed E-state index contributed by atoms with van der Waals surface area (Å²) in [5.41, 5.74) is 3.63. The first-order valence-electron chi connectivity index (χ1n) is 6.92. The van der Waals surface area contributed by atoms with Crippen molar-refractivity contribution in [3.05, 3.63) is 41.5 Å². The fourth-order valence-corrected chi connectivity index (χ4v) is 3.96. The van der Waals surface area contributed by atoms with Crippen molar-refractivity contribution in [1.82, 2.24) is 0 Å². The second kappa shape index (κ2) is 3.72. The molecule has 2 aliphatic carbocycles. The molecule has 0 bridgehead atoms. The molecule has 2 aliphatic rings. The Balaban J connectivity index is 2.10. The Morgan fingerprint density at radius 1 is 1.32 bits per heavy atom. The van der Waals surface area contributed by atoms with E-state index < -0.39 is 0 Å². The lowest BCUT2D eigenvalue weighted by Gasteiger charge is -2.13. The van der Waals surface area contributed by atoms with Crippen molar-refractivity contribution < 1.29 is 9.53 Å². The average molecular weight is 256 g/mol. The zero-order chi connectivity index (χ0) is 13.8. The van der Waals surface area contributed by atoms with Crippen molar-refractivity contribution in [2.24, 2.45) is 11.3 Å². The molecule has 0 radical (unpaired) electrons. The van der Waals surface area contributed by atoms with Crippen LogP contribution < -0.4 is 0 Å². The second-order valence-corrected chi connectivity index (χ2v) is 6.15. The van der Waals surface area contributed by atoms with Crippen LogP contribution in [0, 0.1) is 11.3 Å². The fraction of sp³-hybridized carbons (Fsp3) is 0.471. The van der Waals surface area contributed by atoms with Gasteiger partial charge in [-0.3, -0.25) is 4.79 Å². The lowest BCUT2D eigenvalue weighted by molar-refractivity contribution is -0.145. The first kappa shape index (κ1) is 12.5. The smallest absolute Gasteiger partial charge is 0.310 e. The molecule has 0 N–H and O–H groups in total. The Morgan fingerprint density at radius 3 is 2.68 bits per heavy atom. The van der Waals surface area contributed by atoms with Crippen LogP contribution in [0.25, 0.3) is 5.57 Å². The number of hydrogen-bond donors (Lipinski definition) is 0. The van der Waals surface area contributed by atoms with Gasteiger partial charge in [0.2, 0.25) is 0 Å². The molecule has 2 nitrogen and oxygen atoms in total. The molecular weight excluding hydrogens is 236 g/mol. The van der Waals surface area contributed by atoms with E-state index in [1.807, 2.05) is 6.92 Å². The number of benzene rings is 1. The molecule has 0 heterocycles. The van der Waals surface area contributed by atoms with Crippen molar-refractivity contribution in [2.45, 2.75) is 33.1 Å². The van der Waals surface area contributed by atoms with Crippen LogP contribution in [-0.2, 0) is 14.9 Å². The van der Waals surface area contributed by atoms with Crippen LogP contribution in [0.2, 0.25) is 0 Å². The van der Waals surface area contributed by atoms with E-state index in [9.17, 15) is 4.79 Å². The summed E-state index contributed by atoms with van der Waals surface area (Å²) in [6.45, 7) is 8.78. The number of ether oxygens (including phenoxy) is 1. The van der Waals surface area contributed by atoms with E-state index in [0.29, 0.717) is 6.61 Å². The van der Waals surface area contributed by atoms with Gasteiger partial charge in [-0.15, -0.1) is 0 Å². The van der Waals surface area contributed by atoms with E-state index in [0.717, 1.165) is 0 Å². The SMILES string of the molecule is CCOC(=O)[C@H]1C(C)(C)[C@@]12C=C(C)c1ccccc12. The van der Waals surface area contributed by atoms with Gasteiger partial charge in [0.15, 0.2) is 0 Å². The minimum atomic E-state index is -0.153. The lowest BCUT2D eigenvalue weighted by Crippen LogP contribution is -2.14. The summed E-state index contributed by atoms with van der Waals surface area (Å²) in [7, 11) is 0. The molecule has 2 heteroatoms. The molecule has 1 spiro atoms. The molecule has 0 amide bonds. The van der Waals surface area contributed by atoms with Crippen LogP contribution in [0.5, 0.6) is 0 Å². The Kier molecular flexibility index (Phi) is 2.44. The topological polar surface area (TPSA) is 26.3 Å². The summed E-state index contributed by atoms with van der Waals surface area (Å²) < 4.78 is 5.27. The Bertz CT molecular complexity index is 583. The van der Waals surface area contributed by atoms with Gasteiger partial charge < -0.3 is 4.74 Å². The van der Waals surface area contributed by atoms with Crippen molar-refractivity contribution in [3.63, 3.8) is 0 Å². The number of carbonyl (C=O) groups is 1. The van der Waals surface area contributed by atoms with E-state index in [-0.39, 0.29) is 22.7 Å². The maximum absolute atomic E-state index is 12.2. The van der Waals surface area contributed by atoms with E-state index in [2.05, 4.69) is 51.1 Å². The minimum absolute atomic E-state index is 0.0569. The van der Waals surface area contributed by atoms with E-state index in [4.69, 9.17) is 4.74 Å². The van der Waals surface area contributed by atoms with Crippen LogP contribution in [0.4, 0.5) is 0 Å². The zero-order valence-corrected chi connectivity index (χ0v) is 12.0. The molecule has 100 valence electrons. The van der Waals surface area contributed by atoms with Gasteiger partial charge in [0.1, 0.15) is 0 Å². The van der Waals surface area contributed by atoms with Crippen LogP contribution >= 0.6 is 0 Å². The van der Waals surface area contributed by atoms with E-state index in [1.54, 1.807) is 0 Å². The summed E-state index contributed by atoms with van der Waals surface area (Å²) in [5, 5.41) is 0.